The van der Waals surface area contributed by atoms with Gasteiger partial charge in [-0.05, 0) is 42.9 Å². The lowest BCUT2D eigenvalue weighted by Gasteiger charge is -2.37. The Balaban J connectivity index is 1.86. The Bertz CT molecular complexity index is 1060. The largest absolute Gasteiger partial charge is 0.497 e. The van der Waals surface area contributed by atoms with Crippen molar-refractivity contribution < 1.29 is 19.1 Å². The standard InChI is InChI=1S/C26H30N2O4/c1-16-6-8-19(9-7-16)23-24(27-14-17(2)12-18(3)15-27)26(30)28(25(23)29)21-13-20(31-4)10-11-22(21)32-5/h6-11,13,17-18H,12,14-15H2,1-5H3. The number of hydrogen-bond acceptors (Lipinski definition) is 5. The van der Waals surface area contributed by atoms with E-state index in [1.165, 1.54) is 12.0 Å². The second-order valence-electron chi connectivity index (χ2n) is 8.92. The summed E-state index contributed by atoms with van der Waals surface area (Å²) in [7, 11) is 3.08. The van der Waals surface area contributed by atoms with Crippen LogP contribution >= 0.6 is 0 Å². The van der Waals surface area contributed by atoms with Crippen LogP contribution in [-0.2, 0) is 9.59 Å². The highest BCUT2D eigenvalue weighted by Gasteiger charge is 2.44. The lowest BCUT2D eigenvalue weighted by Crippen LogP contribution is -2.42. The third-order valence-corrected chi connectivity index (χ3v) is 6.21. The molecule has 0 radical (unpaired) electrons. The highest BCUT2D eigenvalue weighted by Crippen LogP contribution is 2.41. The quantitative estimate of drug-likeness (QED) is 0.658. The summed E-state index contributed by atoms with van der Waals surface area (Å²) in [5, 5.41) is 0. The minimum atomic E-state index is -0.341. The minimum Gasteiger partial charge on any atom is -0.497 e. The summed E-state index contributed by atoms with van der Waals surface area (Å²) in [6.07, 6.45) is 1.11. The first-order valence-corrected chi connectivity index (χ1v) is 11.0. The molecule has 0 aliphatic carbocycles. The highest BCUT2D eigenvalue weighted by molar-refractivity contribution is 6.45. The Morgan fingerprint density at radius 1 is 0.875 bits per heavy atom. The Hall–Kier alpha value is -3.28. The van der Waals surface area contributed by atoms with Crippen molar-refractivity contribution in [2.75, 3.05) is 32.2 Å². The molecule has 0 bridgehead atoms. The molecule has 0 spiro atoms. The SMILES string of the molecule is COc1ccc(OC)c(N2C(=O)C(c3ccc(C)cc3)=C(N3CC(C)CC(C)C3)C2=O)c1. The molecule has 32 heavy (non-hydrogen) atoms. The van der Waals surface area contributed by atoms with Crippen molar-refractivity contribution in [2.45, 2.75) is 27.2 Å². The number of anilines is 1. The van der Waals surface area contributed by atoms with Crippen molar-refractivity contribution in [1.29, 1.82) is 0 Å². The topological polar surface area (TPSA) is 59.1 Å². The zero-order valence-electron chi connectivity index (χ0n) is 19.3. The van der Waals surface area contributed by atoms with Crippen LogP contribution < -0.4 is 14.4 Å². The van der Waals surface area contributed by atoms with Gasteiger partial charge in [0.1, 0.15) is 17.2 Å². The van der Waals surface area contributed by atoms with Crippen molar-refractivity contribution >= 4 is 23.1 Å². The van der Waals surface area contributed by atoms with Crippen molar-refractivity contribution in [3.05, 3.63) is 59.3 Å². The molecule has 2 unspecified atom stereocenters. The maximum absolute atomic E-state index is 13.9. The zero-order valence-corrected chi connectivity index (χ0v) is 19.3. The molecule has 6 nitrogen and oxygen atoms in total. The summed E-state index contributed by atoms with van der Waals surface area (Å²) in [4.78, 5) is 31.0. The zero-order chi connectivity index (χ0) is 23.0. The number of imide groups is 1. The smallest absolute Gasteiger partial charge is 0.282 e. The van der Waals surface area contributed by atoms with Gasteiger partial charge in [-0.1, -0.05) is 43.7 Å². The van der Waals surface area contributed by atoms with Gasteiger partial charge in [0, 0.05) is 19.2 Å². The van der Waals surface area contributed by atoms with Gasteiger partial charge in [-0.3, -0.25) is 9.59 Å². The van der Waals surface area contributed by atoms with Gasteiger partial charge < -0.3 is 14.4 Å². The molecule has 0 N–H and O–H groups in total. The van der Waals surface area contributed by atoms with E-state index < -0.39 is 0 Å². The summed E-state index contributed by atoms with van der Waals surface area (Å²) in [6.45, 7) is 7.88. The third kappa shape index (κ3) is 3.85. The molecule has 2 amide bonds. The molecule has 168 valence electrons. The molecular weight excluding hydrogens is 404 g/mol. The predicted molar refractivity (Wildman–Crippen MR) is 125 cm³/mol. The monoisotopic (exact) mass is 434 g/mol. The van der Waals surface area contributed by atoms with Crippen molar-refractivity contribution in [1.82, 2.24) is 4.90 Å². The summed E-state index contributed by atoms with van der Waals surface area (Å²) < 4.78 is 10.8. The van der Waals surface area contributed by atoms with E-state index in [2.05, 4.69) is 18.7 Å². The van der Waals surface area contributed by atoms with E-state index in [0.717, 1.165) is 30.6 Å². The van der Waals surface area contributed by atoms with E-state index in [1.54, 1.807) is 25.3 Å². The number of nitrogens with zero attached hydrogens (tertiary/aromatic N) is 2. The Morgan fingerprint density at radius 3 is 2.12 bits per heavy atom. The molecule has 1 fully saturated rings. The Morgan fingerprint density at radius 2 is 1.53 bits per heavy atom. The number of benzene rings is 2. The second-order valence-corrected chi connectivity index (χ2v) is 8.92. The molecule has 4 rings (SSSR count). The number of aryl methyl sites for hydroxylation is 1. The molecule has 6 heteroatoms. The van der Waals surface area contributed by atoms with Gasteiger partial charge in [-0.25, -0.2) is 4.90 Å². The molecular formula is C26H30N2O4. The number of amides is 2. The lowest BCUT2D eigenvalue weighted by atomic mass is 9.91. The van der Waals surface area contributed by atoms with E-state index in [-0.39, 0.29) is 11.8 Å². The molecule has 2 aromatic carbocycles. The maximum atomic E-state index is 13.9. The molecule has 0 saturated carbocycles. The maximum Gasteiger partial charge on any atom is 0.282 e. The molecule has 0 aromatic heterocycles. The van der Waals surface area contributed by atoms with E-state index in [1.807, 2.05) is 31.2 Å². The molecule has 2 aliphatic rings. The van der Waals surface area contributed by atoms with Gasteiger partial charge in [0.2, 0.25) is 0 Å². The van der Waals surface area contributed by atoms with Crippen LogP contribution in [0.15, 0.2) is 48.2 Å². The normalized spacial score (nSPS) is 21.4. The molecule has 2 atom stereocenters. The molecule has 1 saturated heterocycles. The van der Waals surface area contributed by atoms with Crippen molar-refractivity contribution in [3.63, 3.8) is 0 Å². The van der Waals surface area contributed by atoms with Crippen LogP contribution in [0.2, 0.25) is 0 Å². The summed E-state index contributed by atoms with van der Waals surface area (Å²) >= 11 is 0. The number of likely N-dealkylation sites (tertiary alicyclic amines) is 1. The van der Waals surface area contributed by atoms with Gasteiger partial charge in [-0.2, -0.15) is 0 Å². The van der Waals surface area contributed by atoms with Crippen LogP contribution in [0.3, 0.4) is 0 Å². The van der Waals surface area contributed by atoms with E-state index >= 15 is 0 Å². The number of ether oxygens (including phenoxy) is 2. The van der Waals surface area contributed by atoms with Crippen molar-refractivity contribution in [2.24, 2.45) is 11.8 Å². The molecule has 2 heterocycles. The first kappa shape index (κ1) is 21.9. The number of carbonyl (C=O) groups excluding carboxylic acids is 2. The van der Waals surface area contributed by atoms with E-state index in [0.29, 0.717) is 40.3 Å². The van der Waals surface area contributed by atoms with E-state index in [9.17, 15) is 9.59 Å². The summed E-state index contributed by atoms with van der Waals surface area (Å²) in [5.41, 5.74) is 3.15. The fourth-order valence-electron chi connectivity index (χ4n) is 4.83. The van der Waals surface area contributed by atoms with Gasteiger partial charge >= 0.3 is 0 Å². The fourth-order valence-corrected chi connectivity index (χ4v) is 4.83. The van der Waals surface area contributed by atoms with Gasteiger partial charge in [0.05, 0.1) is 25.5 Å². The van der Waals surface area contributed by atoms with Crippen LogP contribution in [-0.4, -0.2) is 44.0 Å². The van der Waals surface area contributed by atoms with E-state index in [4.69, 9.17) is 9.47 Å². The van der Waals surface area contributed by atoms with Crippen LogP contribution in [0.1, 0.15) is 31.4 Å². The Kier molecular flexibility index (Phi) is 5.96. The van der Waals surface area contributed by atoms with Gasteiger partial charge in [-0.15, -0.1) is 0 Å². The van der Waals surface area contributed by atoms with Crippen molar-refractivity contribution in [3.8, 4) is 11.5 Å². The predicted octanol–water partition coefficient (Wildman–Crippen LogP) is 4.27. The number of methoxy groups -OCH3 is 2. The second kappa shape index (κ2) is 8.69. The first-order valence-electron chi connectivity index (χ1n) is 11.0. The molecule has 2 aliphatic heterocycles. The van der Waals surface area contributed by atoms with Crippen LogP contribution in [0.5, 0.6) is 11.5 Å². The van der Waals surface area contributed by atoms with Crippen LogP contribution in [0, 0.1) is 18.8 Å². The summed E-state index contributed by atoms with van der Waals surface area (Å²) in [6, 6.07) is 12.9. The average molecular weight is 435 g/mol. The number of carbonyl (C=O) groups is 2. The number of piperidine rings is 1. The van der Waals surface area contributed by atoms with Crippen LogP contribution in [0.25, 0.3) is 5.57 Å². The third-order valence-electron chi connectivity index (χ3n) is 6.21. The Labute approximate surface area is 189 Å². The average Bonchev–Trinajstić information content (AvgIpc) is 3.03. The first-order chi connectivity index (χ1) is 15.3. The number of rotatable bonds is 5. The molecule has 2 aromatic rings. The lowest BCUT2D eigenvalue weighted by molar-refractivity contribution is -0.120. The number of hydrogen-bond donors (Lipinski definition) is 0. The summed E-state index contributed by atoms with van der Waals surface area (Å²) in [5.74, 6) is 1.21. The van der Waals surface area contributed by atoms with Gasteiger partial charge in [0.25, 0.3) is 11.8 Å². The minimum absolute atomic E-state index is 0.321. The van der Waals surface area contributed by atoms with Crippen LogP contribution in [0.4, 0.5) is 5.69 Å². The highest BCUT2D eigenvalue weighted by atomic mass is 16.5. The fraction of sp³-hybridized carbons (Fsp3) is 0.385. The van der Waals surface area contributed by atoms with Gasteiger partial charge in [0.15, 0.2) is 0 Å².